The topological polar surface area (TPSA) is 54.5 Å². The minimum Gasteiger partial charge on any atom is -0.308 e. The molecule has 9 aromatic carbocycles. The van der Waals surface area contributed by atoms with Gasteiger partial charge in [-0.3, -0.25) is 0 Å². The van der Waals surface area contributed by atoms with Crippen LogP contribution in [0.1, 0.15) is 28.2 Å². The fourth-order valence-electron chi connectivity index (χ4n) is 9.90. The number of hydrogen-bond acceptors (Lipinski definition) is 3. The lowest BCUT2D eigenvalue weighted by molar-refractivity contribution is 1.02. The van der Waals surface area contributed by atoms with Gasteiger partial charge in [0.2, 0.25) is 0 Å². The number of aromatic nitrogens is 3. The van der Waals surface area contributed by atoms with Gasteiger partial charge in [-0.15, -0.1) is 0 Å². The van der Waals surface area contributed by atoms with Crippen molar-refractivity contribution < 1.29 is 0 Å². The van der Waals surface area contributed by atoms with Gasteiger partial charge in [-0.1, -0.05) is 194 Å². The van der Waals surface area contributed by atoms with E-state index < -0.39 is 0 Å². The molecule has 298 valence electrons. The van der Waals surface area contributed by atoms with Crippen molar-refractivity contribution in [2.45, 2.75) is 5.92 Å². The summed E-state index contributed by atoms with van der Waals surface area (Å²) in [5.41, 5.74) is 18.2. The van der Waals surface area contributed by atoms with Gasteiger partial charge < -0.3 is 4.57 Å². The number of nitriles is 1. The number of nitrogens with zero attached hydrogens (tertiary/aromatic N) is 4. The highest BCUT2D eigenvalue weighted by atomic mass is 15.0. The highest BCUT2D eigenvalue weighted by molar-refractivity contribution is 6.13. The molecule has 0 spiro atoms. The van der Waals surface area contributed by atoms with Crippen molar-refractivity contribution in [3.63, 3.8) is 0 Å². The van der Waals surface area contributed by atoms with E-state index in [1.54, 1.807) is 0 Å². The summed E-state index contributed by atoms with van der Waals surface area (Å²) in [5.74, 6) is 0.674. The molecule has 0 amide bonds. The second-order valence-electron chi connectivity index (χ2n) is 16.4. The maximum atomic E-state index is 10.7. The summed E-state index contributed by atoms with van der Waals surface area (Å²) in [6, 6.07) is 81.7. The Labute approximate surface area is 371 Å². The molecule has 4 nitrogen and oxygen atoms in total. The molecule has 1 unspecified atom stereocenters. The summed E-state index contributed by atoms with van der Waals surface area (Å²) >= 11 is 0. The SMILES string of the molecule is N#Cc1c(-c2ccccc2)nc(-c2cc(-c3ccccc3)c(-n3c4ccccc4c4cc5c(cc43)-c3ccccc3C5c3ccccc3)c(-c3ccccc3)c2)nc1-c1ccccc1. The normalized spacial score (nSPS) is 12.8. The molecule has 4 heteroatoms. The van der Waals surface area contributed by atoms with Crippen molar-refractivity contribution in [3.8, 4) is 79.0 Å². The molecule has 0 N–H and O–H groups in total. The summed E-state index contributed by atoms with van der Waals surface area (Å²) in [6.45, 7) is 0. The molecule has 0 radical (unpaired) electrons. The molecule has 2 aromatic heterocycles. The quantitative estimate of drug-likeness (QED) is 0.161. The van der Waals surface area contributed by atoms with Crippen LogP contribution in [-0.4, -0.2) is 14.5 Å². The molecule has 2 heterocycles. The average molecular weight is 815 g/mol. The Morgan fingerprint density at radius 2 is 0.891 bits per heavy atom. The van der Waals surface area contributed by atoms with Crippen LogP contribution in [0.4, 0.5) is 0 Å². The minimum atomic E-state index is 0.131. The zero-order valence-corrected chi connectivity index (χ0v) is 34.7. The Bertz CT molecular complexity index is 3470. The van der Waals surface area contributed by atoms with Crippen LogP contribution in [0.5, 0.6) is 0 Å². The van der Waals surface area contributed by atoms with E-state index in [-0.39, 0.29) is 5.92 Å². The lowest BCUT2D eigenvalue weighted by Crippen LogP contribution is -2.04. The largest absolute Gasteiger partial charge is 0.308 e. The maximum absolute atomic E-state index is 10.7. The van der Waals surface area contributed by atoms with Crippen molar-refractivity contribution in [1.82, 2.24) is 14.5 Å². The molecule has 0 aliphatic heterocycles. The van der Waals surface area contributed by atoms with Crippen LogP contribution in [-0.2, 0) is 0 Å². The molecule has 1 aliphatic carbocycles. The van der Waals surface area contributed by atoms with E-state index >= 15 is 0 Å². The average Bonchev–Trinajstić information content (AvgIpc) is 3.87. The number of benzene rings is 9. The fraction of sp³-hybridized carbons (Fsp3) is 0.0167. The molecule has 12 rings (SSSR count). The van der Waals surface area contributed by atoms with Gasteiger partial charge in [-0.25, -0.2) is 9.97 Å². The van der Waals surface area contributed by atoms with Gasteiger partial charge >= 0.3 is 0 Å². The van der Waals surface area contributed by atoms with Crippen LogP contribution in [0.2, 0.25) is 0 Å². The lowest BCUT2D eigenvalue weighted by atomic mass is 9.89. The highest BCUT2D eigenvalue weighted by Gasteiger charge is 2.32. The van der Waals surface area contributed by atoms with Gasteiger partial charge in [0.25, 0.3) is 0 Å². The zero-order chi connectivity index (χ0) is 42.6. The van der Waals surface area contributed by atoms with E-state index in [0.29, 0.717) is 22.8 Å². The standard InChI is InChI=1S/C60H38N4/c61-38-53-57(42-26-12-4-13-27-42)62-60(63-58(53)43-28-14-5-15-29-43)44-34-48(39-20-6-1-7-21-39)59(49(35-44)40-22-8-2-9-23-40)64-54-33-19-18-31-46(54)51-36-52-50(37-55(51)64)45-30-16-17-32-47(45)56(52)41-24-10-3-11-25-41/h1-37,56H. The van der Waals surface area contributed by atoms with Crippen LogP contribution < -0.4 is 0 Å². The van der Waals surface area contributed by atoms with Crippen LogP contribution >= 0.6 is 0 Å². The molecule has 0 saturated carbocycles. The molecule has 64 heavy (non-hydrogen) atoms. The number of hydrogen-bond donors (Lipinski definition) is 0. The van der Waals surface area contributed by atoms with Crippen molar-refractivity contribution in [2.75, 3.05) is 0 Å². The van der Waals surface area contributed by atoms with Crippen molar-refractivity contribution in [2.24, 2.45) is 0 Å². The third-order valence-electron chi connectivity index (χ3n) is 12.7. The van der Waals surface area contributed by atoms with E-state index in [1.807, 2.05) is 60.7 Å². The second-order valence-corrected chi connectivity index (χ2v) is 16.4. The monoisotopic (exact) mass is 814 g/mol. The Morgan fingerprint density at radius 1 is 0.391 bits per heavy atom. The Morgan fingerprint density at radius 3 is 1.47 bits per heavy atom. The predicted octanol–water partition coefficient (Wildman–Crippen LogP) is 14.9. The Balaban J connectivity index is 1.19. The first-order valence-corrected chi connectivity index (χ1v) is 21.7. The summed E-state index contributed by atoms with van der Waals surface area (Å²) in [6.07, 6.45) is 0. The lowest BCUT2D eigenvalue weighted by Gasteiger charge is -2.21. The Hall–Kier alpha value is -8.65. The van der Waals surface area contributed by atoms with E-state index in [2.05, 4.69) is 174 Å². The van der Waals surface area contributed by atoms with Crippen LogP contribution in [0.15, 0.2) is 224 Å². The van der Waals surface area contributed by atoms with Crippen LogP contribution in [0, 0.1) is 11.3 Å². The molecule has 0 saturated heterocycles. The molecule has 0 fully saturated rings. The Kier molecular flexibility index (Phi) is 8.91. The molecular formula is C60H38N4. The first kappa shape index (κ1) is 37.1. The first-order valence-electron chi connectivity index (χ1n) is 21.7. The van der Waals surface area contributed by atoms with Crippen molar-refractivity contribution >= 4 is 21.8 Å². The van der Waals surface area contributed by atoms with Crippen molar-refractivity contribution in [3.05, 3.63) is 247 Å². The minimum absolute atomic E-state index is 0.131. The zero-order valence-electron chi connectivity index (χ0n) is 34.7. The molecule has 1 atom stereocenters. The van der Waals surface area contributed by atoms with Crippen LogP contribution in [0.25, 0.3) is 94.8 Å². The third-order valence-corrected chi connectivity index (χ3v) is 12.7. The summed E-state index contributed by atoms with van der Waals surface area (Å²) in [5, 5.41) is 13.1. The number of para-hydroxylation sites is 1. The summed E-state index contributed by atoms with van der Waals surface area (Å²) in [4.78, 5) is 10.6. The van der Waals surface area contributed by atoms with Crippen molar-refractivity contribution in [1.29, 1.82) is 5.26 Å². The predicted molar refractivity (Wildman–Crippen MR) is 261 cm³/mol. The fourth-order valence-corrected chi connectivity index (χ4v) is 9.90. The van der Waals surface area contributed by atoms with E-state index in [9.17, 15) is 5.26 Å². The van der Waals surface area contributed by atoms with Crippen LogP contribution in [0.3, 0.4) is 0 Å². The number of rotatable bonds is 7. The maximum Gasteiger partial charge on any atom is 0.160 e. The third kappa shape index (κ3) is 6.06. The second kappa shape index (κ2) is 15.4. The van der Waals surface area contributed by atoms with E-state index in [1.165, 1.54) is 38.6 Å². The van der Waals surface area contributed by atoms with Gasteiger partial charge in [0.15, 0.2) is 5.82 Å². The highest BCUT2D eigenvalue weighted by Crippen LogP contribution is 2.52. The summed E-state index contributed by atoms with van der Waals surface area (Å²) in [7, 11) is 0. The molecule has 11 aromatic rings. The van der Waals surface area contributed by atoms with Gasteiger partial charge in [-0.2, -0.15) is 5.26 Å². The molecule has 0 bridgehead atoms. The van der Waals surface area contributed by atoms with E-state index in [0.717, 1.165) is 55.7 Å². The van der Waals surface area contributed by atoms with E-state index in [4.69, 9.17) is 9.97 Å². The molecule has 1 aliphatic rings. The molecular weight excluding hydrogens is 777 g/mol. The van der Waals surface area contributed by atoms with Gasteiger partial charge in [0, 0.05) is 44.5 Å². The number of fused-ring (bicyclic) bond motifs is 6. The van der Waals surface area contributed by atoms with Gasteiger partial charge in [0.05, 0.1) is 28.1 Å². The smallest absolute Gasteiger partial charge is 0.160 e. The summed E-state index contributed by atoms with van der Waals surface area (Å²) < 4.78 is 2.49. The van der Waals surface area contributed by atoms with Gasteiger partial charge in [0.1, 0.15) is 11.6 Å². The first-order chi connectivity index (χ1) is 31.7. The van der Waals surface area contributed by atoms with Gasteiger partial charge in [-0.05, 0) is 69.3 Å².